The molecule has 0 fully saturated rings. The molecule has 0 unspecified atom stereocenters. The van der Waals surface area contributed by atoms with Gasteiger partial charge in [0.1, 0.15) is 0 Å². The Morgan fingerprint density at radius 2 is 1.68 bits per heavy atom. The van der Waals surface area contributed by atoms with Crippen molar-refractivity contribution in [2.75, 3.05) is 19.3 Å². The van der Waals surface area contributed by atoms with Crippen molar-refractivity contribution in [2.45, 2.75) is 17.6 Å². The molecule has 0 aromatic heterocycles. The number of aryl methyl sites for hydroxylation is 1. The van der Waals surface area contributed by atoms with Crippen molar-refractivity contribution in [3.8, 4) is 0 Å². The molecule has 0 aliphatic carbocycles. The van der Waals surface area contributed by atoms with E-state index in [0.29, 0.717) is 12.1 Å². The van der Waals surface area contributed by atoms with Gasteiger partial charge in [-0.2, -0.15) is 11.8 Å². The number of amides is 1. The highest BCUT2D eigenvalue weighted by molar-refractivity contribution is 7.98. The van der Waals surface area contributed by atoms with Gasteiger partial charge in [0, 0.05) is 23.6 Å². The van der Waals surface area contributed by atoms with E-state index < -0.39 is 10.0 Å². The molecule has 1 amide bonds. The molecule has 2 rings (SSSR count). The summed E-state index contributed by atoms with van der Waals surface area (Å²) in [5.41, 5.74) is 2.95. The molecule has 0 aliphatic heterocycles. The first-order valence-corrected chi connectivity index (χ1v) is 10.5. The summed E-state index contributed by atoms with van der Waals surface area (Å²) in [7, 11) is -2.13. The second-order valence-corrected chi connectivity index (χ2v) is 8.52. The minimum Gasteiger partial charge on any atom is -0.351 e. The minimum absolute atomic E-state index is 0.139. The Bertz CT molecular complexity index is 801. The van der Waals surface area contributed by atoms with Crippen LogP contribution < -0.4 is 10.0 Å². The van der Waals surface area contributed by atoms with Crippen LogP contribution in [0.2, 0.25) is 0 Å². The molecule has 0 spiro atoms. The number of thioether (sulfide) groups is 1. The highest BCUT2D eigenvalue weighted by Gasteiger charge is 2.12. The molecule has 7 heteroatoms. The molecule has 25 heavy (non-hydrogen) atoms. The van der Waals surface area contributed by atoms with Gasteiger partial charge < -0.3 is 5.32 Å². The summed E-state index contributed by atoms with van der Waals surface area (Å²) in [6.07, 6.45) is 0. The van der Waals surface area contributed by atoms with Gasteiger partial charge in [-0.25, -0.2) is 13.1 Å². The van der Waals surface area contributed by atoms with Gasteiger partial charge in [0.15, 0.2) is 0 Å². The molecule has 0 saturated heterocycles. The Kier molecular flexibility index (Phi) is 7.04. The number of rotatable bonds is 8. The van der Waals surface area contributed by atoms with Gasteiger partial charge in [-0.05, 0) is 43.8 Å². The maximum absolute atomic E-state index is 12.1. The second-order valence-electron chi connectivity index (χ2n) is 5.53. The van der Waals surface area contributed by atoms with Gasteiger partial charge >= 0.3 is 0 Å². The van der Waals surface area contributed by atoms with Crippen LogP contribution in [0.4, 0.5) is 0 Å². The number of hydrogen-bond acceptors (Lipinski definition) is 4. The van der Waals surface area contributed by atoms with Gasteiger partial charge in [-0.1, -0.05) is 29.8 Å². The minimum atomic E-state index is -3.48. The van der Waals surface area contributed by atoms with Crippen LogP contribution in [0.5, 0.6) is 0 Å². The third kappa shape index (κ3) is 5.88. The van der Waals surface area contributed by atoms with Crippen molar-refractivity contribution in [3.05, 3.63) is 65.2 Å². The summed E-state index contributed by atoms with van der Waals surface area (Å²) in [6, 6.07) is 14.3. The first-order chi connectivity index (χ1) is 11.9. The van der Waals surface area contributed by atoms with E-state index in [1.54, 1.807) is 11.8 Å². The van der Waals surface area contributed by atoms with Crippen molar-refractivity contribution in [1.82, 2.24) is 10.0 Å². The molecular weight excluding hydrogens is 356 g/mol. The monoisotopic (exact) mass is 378 g/mol. The molecular formula is C18H22N2O3S2. The largest absolute Gasteiger partial charge is 0.351 e. The fraction of sp³-hybridized carbons (Fsp3) is 0.278. The van der Waals surface area contributed by atoms with Crippen LogP contribution in [-0.4, -0.2) is 33.7 Å². The molecule has 134 valence electrons. The van der Waals surface area contributed by atoms with E-state index in [1.807, 2.05) is 0 Å². The molecule has 5 nitrogen and oxygen atoms in total. The Morgan fingerprint density at radius 3 is 2.28 bits per heavy atom. The lowest BCUT2D eigenvalue weighted by molar-refractivity contribution is 0.0956. The lowest BCUT2D eigenvalue weighted by atomic mass is 10.2. The zero-order valence-electron chi connectivity index (χ0n) is 14.3. The van der Waals surface area contributed by atoms with E-state index in [4.69, 9.17) is 0 Å². The Balaban J connectivity index is 1.75. The summed E-state index contributed by atoms with van der Waals surface area (Å²) < 4.78 is 25.5. The lowest BCUT2D eigenvalue weighted by Gasteiger charge is -2.07. The standard InChI is InChI=1S/C18H22N2O3S2/c1-14-3-5-15(6-4-14)13-24-12-11-20-18(21)16-7-9-17(10-8-16)25(22,23)19-2/h3-10,19H,11-13H2,1-2H3,(H,20,21). The average molecular weight is 379 g/mol. The van der Waals surface area contributed by atoms with E-state index >= 15 is 0 Å². The van der Waals surface area contributed by atoms with Crippen LogP contribution >= 0.6 is 11.8 Å². The summed E-state index contributed by atoms with van der Waals surface area (Å²) in [5, 5.41) is 2.84. The van der Waals surface area contributed by atoms with Crippen LogP contribution in [0.25, 0.3) is 0 Å². The van der Waals surface area contributed by atoms with Crippen LogP contribution in [0, 0.1) is 6.92 Å². The Labute approximate surface area is 153 Å². The second kappa shape index (κ2) is 9.03. The number of sulfonamides is 1. The SMILES string of the molecule is CNS(=O)(=O)c1ccc(C(=O)NCCSCc2ccc(C)cc2)cc1. The lowest BCUT2D eigenvalue weighted by Crippen LogP contribution is -2.26. The zero-order valence-corrected chi connectivity index (χ0v) is 15.9. The van der Waals surface area contributed by atoms with Crippen molar-refractivity contribution < 1.29 is 13.2 Å². The molecule has 0 saturated carbocycles. The highest BCUT2D eigenvalue weighted by atomic mass is 32.2. The van der Waals surface area contributed by atoms with Crippen molar-refractivity contribution in [2.24, 2.45) is 0 Å². The smallest absolute Gasteiger partial charge is 0.251 e. The molecule has 2 aromatic rings. The molecule has 0 radical (unpaired) electrons. The molecule has 0 aliphatic rings. The number of hydrogen-bond donors (Lipinski definition) is 2. The van der Waals surface area contributed by atoms with Crippen molar-refractivity contribution >= 4 is 27.7 Å². The first kappa shape index (κ1) is 19.5. The maximum Gasteiger partial charge on any atom is 0.251 e. The number of carbonyl (C=O) groups excluding carboxylic acids is 1. The van der Waals surface area contributed by atoms with E-state index in [0.717, 1.165) is 11.5 Å². The van der Waals surface area contributed by atoms with Crippen LogP contribution in [-0.2, 0) is 15.8 Å². The maximum atomic E-state index is 12.1. The number of carbonyl (C=O) groups is 1. The van der Waals surface area contributed by atoms with E-state index in [2.05, 4.69) is 41.2 Å². The Morgan fingerprint density at radius 1 is 1.04 bits per heavy atom. The predicted molar refractivity (Wildman–Crippen MR) is 102 cm³/mol. The number of nitrogens with one attached hydrogen (secondary N) is 2. The normalized spacial score (nSPS) is 11.3. The zero-order chi connectivity index (χ0) is 18.3. The fourth-order valence-electron chi connectivity index (χ4n) is 2.12. The molecule has 0 heterocycles. The van der Waals surface area contributed by atoms with Crippen LogP contribution in [0.3, 0.4) is 0 Å². The molecule has 2 aromatic carbocycles. The van der Waals surface area contributed by atoms with Gasteiger partial charge in [0.05, 0.1) is 4.90 Å². The molecule has 0 bridgehead atoms. The van der Waals surface area contributed by atoms with E-state index in [-0.39, 0.29) is 10.8 Å². The molecule has 2 N–H and O–H groups in total. The summed E-state index contributed by atoms with van der Waals surface area (Å²) in [5.74, 6) is 1.52. The highest BCUT2D eigenvalue weighted by Crippen LogP contribution is 2.13. The van der Waals surface area contributed by atoms with Gasteiger partial charge in [-0.3, -0.25) is 4.79 Å². The first-order valence-electron chi connectivity index (χ1n) is 7.87. The average Bonchev–Trinajstić information content (AvgIpc) is 2.63. The van der Waals surface area contributed by atoms with Crippen molar-refractivity contribution in [1.29, 1.82) is 0 Å². The number of benzene rings is 2. The summed E-state index contributed by atoms with van der Waals surface area (Å²) in [4.78, 5) is 12.2. The van der Waals surface area contributed by atoms with E-state index in [9.17, 15) is 13.2 Å². The topological polar surface area (TPSA) is 75.3 Å². The van der Waals surface area contributed by atoms with Gasteiger partial charge in [-0.15, -0.1) is 0 Å². The summed E-state index contributed by atoms with van der Waals surface area (Å²) >= 11 is 1.76. The predicted octanol–water partition coefficient (Wildman–Crippen LogP) is 2.57. The van der Waals surface area contributed by atoms with Crippen LogP contribution in [0.1, 0.15) is 21.5 Å². The van der Waals surface area contributed by atoms with Gasteiger partial charge in [0.25, 0.3) is 5.91 Å². The molecule has 0 atom stereocenters. The van der Waals surface area contributed by atoms with Crippen LogP contribution in [0.15, 0.2) is 53.4 Å². The third-order valence-corrected chi connectivity index (χ3v) is 6.08. The van der Waals surface area contributed by atoms with E-state index in [1.165, 1.54) is 42.4 Å². The van der Waals surface area contributed by atoms with Gasteiger partial charge in [0.2, 0.25) is 10.0 Å². The summed E-state index contributed by atoms with van der Waals surface area (Å²) in [6.45, 7) is 2.62. The third-order valence-electron chi connectivity index (χ3n) is 3.62. The fourth-order valence-corrected chi connectivity index (χ4v) is 3.67. The quantitative estimate of drug-likeness (QED) is 0.692. The Hall–Kier alpha value is -1.83. The van der Waals surface area contributed by atoms with Crippen molar-refractivity contribution in [3.63, 3.8) is 0 Å².